The van der Waals surface area contributed by atoms with E-state index in [1.165, 1.54) is 31.9 Å². The van der Waals surface area contributed by atoms with E-state index in [1.807, 2.05) is 0 Å². The SMILES string of the molecule is CCCCCCCOc1nc(CO)co1. The Morgan fingerprint density at radius 3 is 2.80 bits per heavy atom. The van der Waals surface area contributed by atoms with Crippen molar-refractivity contribution in [2.75, 3.05) is 6.61 Å². The van der Waals surface area contributed by atoms with Crippen molar-refractivity contribution >= 4 is 0 Å². The number of unbranched alkanes of at least 4 members (excludes halogenated alkanes) is 4. The van der Waals surface area contributed by atoms with Gasteiger partial charge in [0.2, 0.25) is 0 Å². The van der Waals surface area contributed by atoms with Crippen LogP contribution in [0.1, 0.15) is 44.7 Å². The Balaban J connectivity index is 2.04. The van der Waals surface area contributed by atoms with Crippen LogP contribution in [0.25, 0.3) is 0 Å². The highest BCUT2D eigenvalue weighted by Crippen LogP contribution is 2.11. The van der Waals surface area contributed by atoms with Crippen molar-refractivity contribution in [3.8, 4) is 6.08 Å². The predicted octanol–water partition coefficient (Wildman–Crippen LogP) is 2.52. The molecule has 0 spiro atoms. The lowest BCUT2D eigenvalue weighted by Gasteiger charge is -2.00. The molecular weight excluding hydrogens is 194 g/mol. The molecule has 0 aliphatic carbocycles. The number of nitrogens with zero attached hydrogens (tertiary/aromatic N) is 1. The molecule has 0 bridgehead atoms. The van der Waals surface area contributed by atoms with Gasteiger partial charge in [-0.05, 0) is 6.42 Å². The van der Waals surface area contributed by atoms with Crippen LogP contribution in [0.3, 0.4) is 0 Å². The maximum absolute atomic E-state index is 8.74. The molecule has 15 heavy (non-hydrogen) atoms. The van der Waals surface area contributed by atoms with Gasteiger partial charge in [-0.25, -0.2) is 0 Å². The molecule has 0 aliphatic rings. The van der Waals surface area contributed by atoms with Crippen LogP contribution in [0.15, 0.2) is 10.7 Å². The lowest BCUT2D eigenvalue weighted by atomic mass is 10.2. The number of aliphatic hydroxyl groups excluding tert-OH is 1. The summed E-state index contributed by atoms with van der Waals surface area (Å²) in [7, 11) is 0. The zero-order valence-corrected chi connectivity index (χ0v) is 9.24. The van der Waals surface area contributed by atoms with Crippen LogP contribution in [0.4, 0.5) is 0 Å². The lowest BCUT2D eigenvalue weighted by molar-refractivity contribution is 0.224. The highest BCUT2D eigenvalue weighted by atomic mass is 16.6. The number of rotatable bonds is 8. The Kier molecular flexibility index (Phi) is 5.85. The molecule has 1 aromatic heterocycles. The topological polar surface area (TPSA) is 55.5 Å². The molecule has 1 rings (SSSR count). The number of hydrogen-bond donors (Lipinski definition) is 1. The van der Waals surface area contributed by atoms with Crippen LogP contribution in [-0.2, 0) is 6.61 Å². The molecule has 0 unspecified atom stereocenters. The van der Waals surface area contributed by atoms with Crippen LogP contribution >= 0.6 is 0 Å². The van der Waals surface area contributed by atoms with Gasteiger partial charge in [-0.1, -0.05) is 32.6 Å². The summed E-state index contributed by atoms with van der Waals surface area (Å²) in [5, 5.41) is 8.74. The zero-order chi connectivity index (χ0) is 10.9. The molecule has 0 saturated heterocycles. The molecule has 0 fully saturated rings. The van der Waals surface area contributed by atoms with Crippen molar-refractivity contribution in [1.82, 2.24) is 4.98 Å². The minimum atomic E-state index is -0.108. The third-order valence-corrected chi connectivity index (χ3v) is 2.17. The minimum Gasteiger partial charge on any atom is -0.450 e. The second-order valence-electron chi connectivity index (χ2n) is 3.53. The van der Waals surface area contributed by atoms with Crippen LogP contribution in [-0.4, -0.2) is 16.7 Å². The molecule has 0 aliphatic heterocycles. The van der Waals surface area contributed by atoms with Crippen LogP contribution < -0.4 is 4.74 Å². The Morgan fingerprint density at radius 2 is 2.13 bits per heavy atom. The van der Waals surface area contributed by atoms with Crippen molar-refractivity contribution in [1.29, 1.82) is 0 Å². The average Bonchev–Trinajstić information content (AvgIpc) is 2.71. The first kappa shape index (κ1) is 12.0. The third-order valence-electron chi connectivity index (χ3n) is 2.17. The van der Waals surface area contributed by atoms with E-state index < -0.39 is 0 Å². The largest absolute Gasteiger partial charge is 0.450 e. The first-order valence-electron chi connectivity index (χ1n) is 5.55. The summed E-state index contributed by atoms with van der Waals surface area (Å²) >= 11 is 0. The molecule has 0 radical (unpaired) electrons. The number of oxazole rings is 1. The normalized spacial score (nSPS) is 10.5. The van der Waals surface area contributed by atoms with Crippen LogP contribution in [0.5, 0.6) is 6.08 Å². The fourth-order valence-electron chi connectivity index (χ4n) is 1.29. The molecule has 0 saturated carbocycles. The van der Waals surface area contributed by atoms with E-state index >= 15 is 0 Å². The highest BCUT2D eigenvalue weighted by molar-refractivity contribution is 4.97. The van der Waals surface area contributed by atoms with Crippen molar-refractivity contribution in [3.63, 3.8) is 0 Å². The quantitative estimate of drug-likeness (QED) is 0.674. The van der Waals surface area contributed by atoms with Gasteiger partial charge in [0, 0.05) is 0 Å². The van der Waals surface area contributed by atoms with E-state index in [4.69, 9.17) is 14.3 Å². The Hall–Kier alpha value is -1.03. The van der Waals surface area contributed by atoms with Crippen molar-refractivity contribution in [3.05, 3.63) is 12.0 Å². The summed E-state index contributed by atoms with van der Waals surface area (Å²) in [5.74, 6) is 0. The monoisotopic (exact) mass is 213 g/mol. The number of aromatic nitrogens is 1. The smallest absolute Gasteiger partial charge is 0.393 e. The predicted molar refractivity (Wildman–Crippen MR) is 56.7 cm³/mol. The maximum atomic E-state index is 8.74. The van der Waals surface area contributed by atoms with Crippen molar-refractivity contribution in [2.45, 2.75) is 45.6 Å². The van der Waals surface area contributed by atoms with Gasteiger partial charge in [0.15, 0.2) is 0 Å². The van der Waals surface area contributed by atoms with Gasteiger partial charge >= 0.3 is 6.08 Å². The fraction of sp³-hybridized carbons (Fsp3) is 0.727. The van der Waals surface area contributed by atoms with E-state index in [9.17, 15) is 0 Å². The summed E-state index contributed by atoms with van der Waals surface area (Å²) in [4.78, 5) is 3.92. The number of aliphatic hydroxyl groups is 1. The van der Waals surface area contributed by atoms with E-state index in [1.54, 1.807) is 0 Å². The number of ether oxygens (including phenoxy) is 1. The Labute approximate surface area is 90.3 Å². The summed E-state index contributed by atoms with van der Waals surface area (Å²) < 4.78 is 10.3. The van der Waals surface area contributed by atoms with Crippen LogP contribution in [0.2, 0.25) is 0 Å². The molecule has 86 valence electrons. The van der Waals surface area contributed by atoms with Crippen molar-refractivity contribution < 1.29 is 14.3 Å². The Morgan fingerprint density at radius 1 is 1.33 bits per heavy atom. The molecule has 4 heteroatoms. The van der Waals surface area contributed by atoms with E-state index in [0.29, 0.717) is 12.3 Å². The highest BCUT2D eigenvalue weighted by Gasteiger charge is 2.02. The molecule has 1 aromatic rings. The third kappa shape index (κ3) is 4.83. The van der Waals surface area contributed by atoms with Gasteiger partial charge in [0.05, 0.1) is 13.2 Å². The molecule has 0 amide bonds. The summed E-state index contributed by atoms with van der Waals surface area (Å²) in [6.07, 6.45) is 7.67. The summed E-state index contributed by atoms with van der Waals surface area (Å²) in [6.45, 7) is 2.72. The molecule has 1 N–H and O–H groups in total. The molecule has 1 heterocycles. The molecule has 4 nitrogen and oxygen atoms in total. The zero-order valence-electron chi connectivity index (χ0n) is 9.24. The molecular formula is C11H19NO3. The summed E-state index contributed by atoms with van der Waals surface area (Å²) in [5.41, 5.74) is 0.510. The van der Waals surface area contributed by atoms with Crippen molar-refractivity contribution in [2.24, 2.45) is 0 Å². The van der Waals surface area contributed by atoms with Gasteiger partial charge in [-0.15, -0.1) is 0 Å². The average molecular weight is 213 g/mol. The Bertz CT molecular complexity index is 260. The van der Waals surface area contributed by atoms with Gasteiger partial charge < -0.3 is 14.3 Å². The minimum absolute atomic E-state index is 0.108. The molecule has 0 atom stereocenters. The van der Waals surface area contributed by atoms with E-state index in [-0.39, 0.29) is 12.7 Å². The maximum Gasteiger partial charge on any atom is 0.393 e. The first-order chi connectivity index (χ1) is 7.36. The fourth-order valence-corrected chi connectivity index (χ4v) is 1.29. The van der Waals surface area contributed by atoms with Gasteiger partial charge in [0.25, 0.3) is 0 Å². The second kappa shape index (κ2) is 7.29. The van der Waals surface area contributed by atoms with Gasteiger partial charge in [-0.2, -0.15) is 4.98 Å². The standard InChI is InChI=1S/C11H19NO3/c1-2-3-4-5-6-7-14-11-12-10(8-13)9-15-11/h9,13H,2-8H2,1H3. The first-order valence-corrected chi connectivity index (χ1v) is 5.55. The number of hydrogen-bond acceptors (Lipinski definition) is 4. The summed E-state index contributed by atoms with van der Waals surface area (Å²) in [6, 6.07) is 0. The van der Waals surface area contributed by atoms with Gasteiger partial charge in [0.1, 0.15) is 12.0 Å². The van der Waals surface area contributed by atoms with Crippen LogP contribution in [0, 0.1) is 0 Å². The van der Waals surface area contributed by atoms with Gasteiger partial charge in [-0.3, -0.25) is 0 Å². The van der Waals surface area contributed by atoms with E-state index in [0.717, 1.165) is 6.42 Å². The second-order valence-corrected chi connectivity index (χ2v) is 3.53. The lowest BCUT2D eigenvalue weighted by Crippen LogP contribution is -1.97. The molecule has 0 aromatic carbocycles. The van der Waals surface area contributed by atoms with E-state index in [2.05, 4.69) is 11.9 Å².